The smallest absolute Gasteiger partial charge is 0.258 e. The maximum absolute atomic E-state index is 10.6. The van der Waals surface area contributed by atoms with Gasteiger partial charge in [0.1, 0.15) is 0 Å². The second-order valence-electron chi connectivity index (χ2n) is 4.54. The number of hydrogen-bond acceptors (Lipinski definition) is 4. The summed E-state index contributed by atoms with van der Waals surface area (Å²) in [6, 6.07) is 17.3. The first-order valence-electron chi connectivity index (χ1n) is 6.27. The fourth-order valence-electron chi connectivity index (χ4n) is 2.02. The van der Waals surface area contributed by atoms with Crippen LogP contribution in [-0.2, 0) is 6.42 Å². The predicted octanol–water partition coefficient (Wildman–Crippen LogP) is 3.32. The number of non-ortho nitro benzene ring substituents is 1. The van der Waals surface area contributed by atoms with Crippen LogP contribution in [-0.4, -0.2) is 4.92 Å². The van der Waals surface area contributed by atoms with Crippen LogP contribution in [0.3, 0.4) is 0 Å². The quantitative estimate of drug-likeness (QED) is 0.633. The normalized spacial score (nSPS) is 11.1. The Morgan fingerprint density at radius 2 is 1.67 bits per heavy atom. The van der Waals surface area contributed by atoms with Gasteiger partial charge in [-0.25, -0.2) is 0 Å². The van der Waals surface area contributed by atoms with Crippen molar-refractivity contribution in [3.63, 3.8) is 0 Å². The minimum Gasteiger partial charge on any atom is -0.258 e. The molecule has 0 aliphatic carbocycles. The van der Waals surface area contributed by atoms with E-state index in [-0.39, 0.29) is 11.6 Å². The van der Waals surface area contributed by atoms with Gasteiger partial charge in [0, 0.05) is 12.1 Å². The molecule has 5 nitrogen and oxygen atoms in total. The molecule has 0 aromatic heterocycles. The third-order valence-corrected chi connectivity index (χ3v) is 3.18. The molecule has 2 aromatic carbocycles. The van der Waals surface area contributed by atoms with Crippen LogP contribution in [0.15, 0.2) is 48.5 Å². The van der Waals surface area contributed by atoms with Crippen LogP contribution in [0.5, 0.6) is 0 Å². The molecule has 2 rings (SSSR count). The van der Waals surface area contributed by atoms with Crippen LogP contribution < -0.4 is 0 Å². The Morgan fingerprint density at radius 1 is 1.05 bits per heavy atom. The van der Waals surface area contributed by atoms with Crippen molar-refractivity contribution < 1.29 is 4.92 Å². The summed E-state index contributed by atoms with van der Waals surface area (Å²) >= 11 is 0. The summed E-state index contributed by atoms with van der Waals surface area (Å²) in [6.07, 6.45) is 0.473. The first kappa shape index (κ1) is 14.2. The summed E-state index contributed by atoms with van der Waals surface area (Å²) in [6.45, 7) is 0. The van der Waals surface area contributed by atoms with Crippen molar-refractivity contribution in [3.8, 4) is 12.1 Å². The molecule has 0 aliphatic rings. The monoisotopic (exact) mass is 277 g/mol. The van der Waals surface area contributed by atoms with Crippen LogP contribution in [0.4, 0.5) is 5.69 Å². The summed E-state index contributed by atoms with van der Waals surface area (Å²) in [5.74, 6) is -0.348. The topological polar surface area (TPSA) is 90.7 Å². The molecule has 1 atom stereocenters. The molecule has 102 valence electrons. The average molecular weight is 277 g/mol. The Labute approximate surface area is 121 Å². The van der Waals surface area contributed by atoms with E-state index in [0.29, 0.717) is 12.0 Å². The van der Waals surface area contributed by atoms with Crippen LogP contribution in [0.25, 0.3) is 0 Å². The van der Waals surface area contributed by atoms with E-state index >= 15 is 0 Å². The Morgan fingerprint density at radius 3 is 2.14 bits per heavy atom. The Balaban J connectivity index is 2.17. The van der Waals surface area contributed by atoms with E-state index in [1.165, 1.54) is 12.1 Å². The fraction of sp³-hybridized carbons (Fsp3) is 0.125. The molecule has 2 aromatic rings. The van der Waals surface area contributed by atoms with Gasteiger partial charge in [0.25, 0.3) is 5.69 Å². The highest BCUT2D eigenvalue weighted by Crippen LogP contribution is 2.22. The molecule has 5 heteroatoms. The summed E-state index contributed by atoms with van der Waals surface area (Å²) < 4.78 is 0. The van der Waals surface area contributed by atoms with Crippen molar-refractivity contribution in [2.45, 2.75) is 12.3 Å². The van der Waals surface area contributed by atoms with Crippen LogP contribution in [0.1, 0.15) is 22.6 Å². The minimum absolute atomic E-state index is 0.0330. The van der Waals surface area contributed by atoms with Crippen molar-refractivity contribution in [1.29, 1.82) is 10.5 Å². The molecule has 0 saturated carbocycles. The largest absolute Gasteiger partial charge is 0.269 e. The Bertz CT molecular complexity index is 722. The Hall–Kier alpha value is -3.18. The summed E-state index contributed by atoms with van der Waals surface area (Å²) in [4.78, 5) is 10.1. The van der Waals surface area contributed by atoms with Crippen molar-refractivity contribution in [2.75, 3.05) is 0 Å². The zero-order chi connectivity index (χ0) is 15.2. The lowest BCUT2D eigenvalue weighted by Crippen LogP contribution is -2.01. The number of nitrogens with zero attached hydrogens (tertiary/aromatic N) is 3. The maximum atomic E-state index is 10.6. The molecule has 0 bridgehead atoms. The van der Waals surface area contributed by atoms with E-state index in [2.05, 4.69) is 6.07 Å². The lowest BCUT2D eigenvalue weighted by Gasteiger charge is -2.09. The standard InChI is InChI=1S/C16H11N3O2/c17-10-13-1-5-14(6-2-13)15(11-18)9-12-3-7-16(8-4-12)19(20)21/h1-8,15H,9H2. The van der Waals surface area contributed by atoms with Crippen molar-refractivity contribution in [1.82, 2.24) is 0 Å². The number of nitro benzene ring substituents is 1. The van der Waals surface area contributed by atoms with Gasteiger partial charge in [-0.1, -0.05) is 24.3 Å². The fourth-order valence-corrected chi connectivity index (χ4v) is 2.02. The SMILES string of the molecule is N#Cc1ccc(C(C#N)Cc2ccc([N+](=O)[O-])cc2)cc1. The molecule has 0 fully saturated rings. The van der Waals surface area contributed by atoms with Crippen molar-refractivity contribution in [2.24, 2.45) is 0 Å². The third kappa shape index (κ3) is 3.43. The Kier molecular flexibility index (Phi) is 4.28. The highest BCUT2D eigenvalue weighted by atomic mass is 16.6. The van der Waals surface area contributed by atoms with Crippen molar-refractivity contribution in [3.05, 3.63) is 75.3 Å². The third-order valence-electron chi connectivity index (χ3n) is 3.18. The van der Waals surface area contributed by atoms with E-state index in [1.807, 2.05) is 6.07 Å². The second-order valence-corrected chi connectivity index (χ2v) is 4.54. The number of rotatable bonds is 4. The molecule has 0 spiro atoms. The van der Waals surface area contributed by atoms with Gasteiger partial charge in [-0.3, -0.25) is 10.1 Å². The van der Waals surface area contributed by atoms with Gasteiger partial charge in [-0.05, 0) is 29.7 Å². The number of benzene rings is 2. The van der Waals surface area contributed by atoms with Crippen LogP contribution in [0.2, 0.25) is 0 Å². The highest BCUT2D eigenvalue weighted by Gasteiger charge is 2.12. The van der Waals surface area contributed by atoms with E-state index < -0.39 is 4.92 Å². The molecular formula is C16H11N3O2. The van der Waals surface area contributed by atoms with Gasteiger partial charge in [-0.2, -0.15) is 10.5 Å². The minimum atomic E-state index is -0.452. The highest BCUT2D eigenvalue weighted by molar-refractivity contribution is 5.37. The molecule has 0 aliphatic heterocycles. The van der Waals surface area contributed by atoms with E-state index in [4.69, 9.17) is 5.26 Å². The first-order chi connectivity index (χ1) is 10.1. The van der Waals surface area contributed by atoms with Gasteiger partial charge in [-0.15, -0.1) is 0 Å². The molecular weight excluding hydrogens is 266 g/mol. The number of hydrogen-bond donors (Lipinski definition) is 0. The molecule has 0 radical (unpaired) electrons. The van der Waals surface area contributed by atoms with E-state index in [0.717, 1.165) is 11.1 Å². The molecule has 0 N–H and O–H groups in total. The van der Waals surface area contributed by atoms with Gasteiger partial charge in [0.15, 0.2) is 0 Å². The average Bonchev–Trinajstić information content (AvgIpc) is 2.53. The van der Waals surface area contributed by atoms with Crippen LogP contribution in [0, 0.1) is 32.8 Å². The van der Waals surface area contributed by atoms with E-state index in [1.54, 1.807) is 36.4 Å². The zero-order valence-corrected chi connectivity index (χ0v) is 11.1. The second kappa shape index (κ2) is 6.31. The number of nitro groups is 1. The molecule has 0 heterocycles. The zero-order valence-electron chi connectivity index (χ0n) is 11.1. The van der Waals surface area contributed by atoms with E-state index in [9.17, 15) is 15.4 Å². The lowest BCUT2D eigenvalue weighted by atomic mass is 9.92. The van der Waals surface area contributed by atoms with Gasteiger partial charge >= 0.3 is 0 Å². The summed E-state index contributed by atoms with van der Waals surface area (Å²) in [5, 5.41) is 28.6. The molecule has 1 unspecified atom stereocenters. The maximum Gasteiger partial charge on any atom is 0.269 e. The van der Waals surface area contributed by atoms with Crippen molar-refractivity contribution >= 4 is 5.69 Å². The van der Waals surface area contributed by atoms with Gasteiger partial charge in [0.2, 0.25) is 0 Å². The predicted molar refractivity (Wildman–Crippen MR) is 76.3 cm³/mol. The van der Waals surface area contributed by atoms with Crippen LogP contribution >= 0.6 is 0 Å². The summed E-state index contributed by atoms with van der Waals surface area (Å²) in [5.41, 5.74) is 2.27. The van der Waals surface area contributed by atoms with Gasteiger partial charge in [0.05, 0.1) is 28.5 Å². The molecule has 21 heavy (non-hydrogen) atoms. The molecule has 0 saturated heterocycles. The van der Waals surface area contributed by atoms with Gasteiger partial charge < -0.3 is 0 Å². The lowest BCUT2D eigenvalue weighted by molar-refractivity contribution is -0.384. The molecule has 0 amide bonds. The summed E-state index contributed by atoms with van der Waals surface area (Å²) in [7, 11) is 0. The first-order valence-corrected chi connectivity index (χ1v) is 6.27. The number of nitriles is 2.